The van der Waals surface area contributed by atoms with Crippen LogP contribution < -0.4 is 4.90 Å². The van der Waals surface area contributed by atoms with Crippen LogP contribution in [0.3, 0.4) is 0 Å². The van der Waals surface area contributed by atoms with Gasteiger partial charge in [0.1, 0.15) is 0 Å². The van der Waals surface area contributed by atoms with Crippen molar-refractivity contribution in [1.29, 1.82) is 0 Å². The predicted molar refractivity (Wildman–Crippen MR) is 241 cm³/mol. The molecule has 9 aromatic carbocycles. The number of nitrogens with zero attached hydrogens (tertiary/aromatic N) is 1. The second-order valence-corrected chi connectivity index (χ2v) is 16.2. The maximum atomic E-state index is 2.50. The first-order valence-electron chi connectivity index (χ1n) is 18.7. The number of fused-ring (bicyclic) bond motifs is 7. The van der Waals surface area contributed by atoms with Crippen LogP contribution in [0.4, 0.5) is 17.1 Å². The number of hydrogen-bond donors (Lipinski definition) is 0. The van der Waals surface area contributed by atoms with Gasteiger partial charge in [-0.3, -0.25) is 0 Å². The maximum Gasteiger partial charge on any atom is 0.0555 e. The van der Waals surface area contributed by atoms with Crippen LogP contribution in [0.2, 0.25) is 0 Å². The molecular weight excluding hydrogens is 703 g/mol. The highest BCUT2D eigenvalue weighted by molar-refractivity contribution is 7.26. The Labute approximate surface area is 327 Å². The van der Waals surface area contributed by atoms with Crippen molar-refractivity contribution in [2.75, 3.05) is 4.90 Å². The molecule has 0 aliphatic heterocycles. The van der Waals surface area contributed by atoms with E-state index in [2.05, 4.69) is 205 Å². The summed E-state index contributed by atoms with van der Waals surface area (Å²) in [5, 5.41) is 7.68. The monoisotopic (exact) mass is 735 g/mol. The van der Waals surface area contributed by atoms with Crippen molar-refractivity contribution in [3.63, 3.8) is 0 Å². The van der Waals surface area contributed by atoms with Gasteiger partial charge in [-0.25, -0.2) is 0 Å². The zero-order valence-corrected chi connectivity index (χ0v) is 31.4. The normalized spacial score (nSPS) is 11.6. The lowest BCUT2D eigenvalue weighted by molar-refractivity contribution is 1.30. The summed E-state index contributed by atoms with van der Waals surface area (Å²) in [7, 11) is 0. The minimum Gasteiger partial charge on any atom is -0.309 e. The van der Waals surface area contributed by atoms with Gasteiger partial charge >= 0.3 is 0 Å². The molecule has 3 heteroatoms. The van der Waals surface area contributed by atoms with Gasteiger partial charge in [0, 0.05) is 51.6 Å². The van der Waals surface area contributed by atoms with Crippen LogP contribution in [-0.4, -0.2) is 0 Å². The zero-order chi connectivity index (χ0) is 36.3. The summed E-state index contributed by atoms with van der Waals surface area (Å²) in [6, 6.07) is 73.6. The Balaban J connectivity index is 1.15. The molecule has 0 spiro atoms. The Kier molecular flexibility index (Phi) is 7.61. The second kappa shape index (κ2) is 13.1. The van der Waals surface area contributed by atoms with E-state index >= 15 is 0 Å². The topological polar surface area (TPSA) is 3.24 Å². The molecule has 0 atom stereocenters. The van der Waals surface area contributed by atoms with Gasteiger partial charge in [0.25, 0.3) is 0 Å². The van der Waals surface area contributed by atoms with Gasteiger partial charge in [-0.2, -0.15) is 0 Å². The zero-order valence-electron chi connectivity index (χ0n) is 29.8. The minimum atomic E-state index is 1.11. The number of rotatable bonds is 6. The van der Waals surface area contributed by atoms with Crippen molar-refractivity contribution in [3.05, 3.63) is 200 Å². The van der Waals surface area contributed by atoms with E-state index in [-0.39, 0.29) is 0 Å². The molecule has 0 bridgehead atoms. The number of hydrogen-bond acceptors (Lipinski definition) is 3. The van der Waals surface area contributed by atoms with Crippen molar-refractivity contribution in [1.82, 2.24) is 0 Å². The Morgan fingerprint density at radius 3 is 1.78 bits per heavy atom. The lowest BCUT2D eigenvalue weighted by atomic mass is 9.93. The minimum absolute atomic E-state index is 1.11. The van der Waals surface area contributed by atoms with E-state index < -0.39 is 0 Å². The first-order valence-corrected chi connectivity index (χ1v) is 20.3. The van der Waals surface area contributed by atoms with Crippen LogP contribution in [0.5, 0.6) is 0 Å². The summed E-state index contributed by atoms with van der Waals surface area (Å²) in [6.45, 7) is 0. The van der Waals surface area contributed by atoms with E-state index in [1.54, 1.807) is 0 Å². The molecule has 55 heavy (non-hydrogen) atoms. The third-order valence-corrected chi connectivity index (χ3v) is 13.2. The van der Waals surface area contributed by atoms with Gasteiger partial charge in [0.05, 0.1) is 11.4 Å². The van der Waals surface area contributed by atoms with E-state index in [1.807, 2.05) is 22.7 Å². The summed E-state index contributed by atoms with van der Waals surface area (Å²) in [4.78, 5) is 2.50. The molecule has 2 heterocycles. The van der Waals surface area contributed by atoms with E-state index in [4.69, 9.17) is 0 Å². The molecule has 11 rings (SSSR count). The molecule has 0 saturated heterocycles. The fraction of sp³-hybridized carbons (Fsp3) is 0. The molecule has 0 aliphatic carbocycles. The molecule has 0 aliphatic rings. The molecule has 1 nitrogen and oxygen atoms in total. The van der Waals surface area contributed by atoms with Crippen molar-refractivity contribution in [2.45, 2.75) is 0 Å². The molecular formula is C52H33NS2. The third-order valence-electron chi connectivity index (χ3n) is 10.9. The van der Waals surface area contributed by atoms with E-state index in [1.165, 1.54) is 90.2 Å². The summed E-state index contributed by atoms with van der Waals surface area (Å²) in [5.74, 6) is 0. The van der Waals surface area contributed by atoms with Gasteiger partial charge < -0.3 is 4.90 Å². The standard InChI is InChI=1S/C52H33NS2/c1-2-12-36(13-3-1)42-30-26-38(41-19-10-15-35-14-4-5-16-40(35)41)33-47(42)53(46-20-11-23-51-52(46)44-18-7-9-22-49(44)55-51)39-28-24-34(25-29-39)37-27-31-50-45(32-37)43-17-6-8-21-48(43)54-50/h1-33H. The van der Waals surface area contributed by atoms with Crippen LogP contribution in [0.25, 0.3) is 84.5 Å². The molecule has 0 fully saturated rings. The first kappa shape index (κ1) is 32.0. The molecule has 2 aromatic heterocycles. The van der Waals surface area contributed by atoms with Crippen LogP contribution in [0.15, 0.2) is 200 Å². The van der Waals surface area contributed by atoms with E-state index in [0.717, 1.165) is 11.4 Å². The fourth-order valence-corrected chi connectivity index (χ4v) is 10.5. The predicted octanol–water partition coefficient (Wildman–Crippen LogP) is 16.0. The average molecular weight is 736 g/mol. The smallest absolute Gasteiger partial charge is 0.0555 e. The number of thiophene rings is 2. The molecule has 0 unspecified atom stereocenters. The Morgan fingerprint density at radius 1 is 0.309 bits per heavy atom. The molecule has 0 N–H and O–H groups in total. The highest BCUT2D eigenvalue weighted by atomic mass is 32.1. The van der Waals surface area contributed by atoms with Crippen LogP contribution in [0.1, 0.15) is 0 Å². The molecule has 0 radical (unpaired) electrons. The number of benzene rings is 9. The van der Waals surface area contributed by atoms with E-state index in [0.29, 0.717) is 0 Å². The highest BCUT2D eigenvalue weighted by Gasteiger charge is 2.22. The maximum absolute atomic E-state index is 2.50. The summed E-state index contributed by atoms with van der Waals surface area (Å²) in [6.07, 6.45) is 0. The lowest BCUT2D eigenvalue weighted by Crippen LogP contribution is -2.12. The first-order chi connectivity index (χ1) is 27.3. The molecule has 0 amide bonds. The molecule has 258 valence electrons. The second-order valence-electron chi connectivity index (χ2n) is 14.1. The van der Waals surface area contributed by atoms with Crippen molar-refractivity contribution >= 4 is 90.9 Å². The van der Waals surface area contributed by atoms with Crippen molar-refractivity contribution < 1.29 is 0 Å². The van der Waals surface area contributed by atoms with Crippen LogP contribution in [-0.2, 0) is 0 Å². The average Bonchev–Trinajstić information content (AvgIpc) is 3.83. The quantitative estimate of drug-likeness (QED) is 0.164. The van der Waals surface area contributed by atoms with Crippen molar-refractivity contribution in [3.8, 4) is 33.4 Å². The molecule has 0 saturated carbocycles. The Morgan fingerprint density at radius 2 is 0.927 bits per heavy atom. The Bertz CT molecular complexity index is 3200. The van der Waals surface area contributed by atoms with Gasteiger partial charge in [-0.15, -0.1) is 22.7 Å². The van der Waals surface area contributed by atoms with Gasteiger partial charge in [-0.05, 0) is 93.2 Å². The van der Waals surface area contributed by atoms with Gasteiger partial charge in [0.15, 0.2) is 0 Å². The van der Waals surface area contributed by atoms with Gasteiger partial charge in [0.2, 0.25) is 0 Å². The van der Waals surface area contributed by atoms with E-state index in [9.17, 15) is 0 Å². The van der Waals surface area contributed by atoms with Crippen molar-refractivity contribution in [2.24, 2.45) is 0 Å². The van der Waals surface area contributed by atoms with Gasteiger partial charge in [-0.1, -0.05) is 146 Å². The summed E-state index contributed by atoms with van der Waals surface area (Å²) >= 11 is 3.72. The third kappa shape index (κ3) is 5.43. The summed E-state index contributed by atoms with van der Waals surface area (Å²) in [5.41, 5.74) is 10.6. The lowest BCUT2D eigenvalue weighted by Gasteiger charge is -2.29. The molecule has 11 aromatic rings. The summed E-state index contributed by atoms with van der Waals surface area (Å²) < 4.78 is 5.23. The highest BCUT2D eigenvalue weighted by Crippen LogP contribution is 2.49. The largest absolute Gasteiger partial charge is 0.309 e. The fourth-order valence-electron chi connectivity index (χ4n) is 8.28. The van der Waals surface area contributed by atoms with Crippen LogP contribution >= 0.6 is 22.7 Å². The van der Waals surface area contributed by atoms with Crippen LogP contribution in [0, 0.1) is 0 Å². The number of anilines is 3. The Hall–Kier alpha value is -6.52. The SMILES string of the molecule is c1ccc(-c2ccc(-c3cccc4ccccc34)cc2N(c2ccc(-c3ccc4sc5ccccc5c4c3)cc2)c2cccc3sc4ccccc4c23)cc1.